The van der Waals surface area contributed by atoms with Gasteiger partial charge in [0, 0.05) is 10.7 Å². The van der Waals surface area contributed by atoms with Gasteiger partial charge >= 0.3 is 5.97 Å². The summed E-state index contributed by atoms with van der Waals surface area (Å²) in [7, 11) is 0. The standard InChI is InChI=1S/C16H15ClFNO2/c1-9-12(16(20)21)4-3-5-15(9)19-10(2)13-7-6-11(18)8-14(13)17/h3-8,10,19H,1-2H3,(H,20,21). The van der Waals surface area contributed by atoms with Gasteiger partial charge in [0.25, 0.3) is 0 Å². The first-order valence-corrected chi connectivity index (χ1v) is 6.82. The largest absolute Gasteiger partial charge is 0.478 e. The number of carbonyl (C=O) groups is 1. The number of anilines is 1. The van der Waals surface area contributed by atoms with Gasteiger partial charge in [0.05, 0.1) is 11.6 Å². The molecule has 0 aromatic heterocycles. The molecule has 5 heteroatoms. The van der Waals surface area contributed by atoms with Crippen LogP contribution in [0.2, 0.25) is 5.02 Å². The Morgan fingerprint density at radius 1 is 1.33 bits per heavy atom. The second-order valence-corrected chi connectivity index (χ2v) is 5.22. The Morgan fingerprint density at radius 2 is 2.05 bits per heavy atom. The number of carboxylic acids is 1. The predicted molar refractivity (Wildman–Crippen MR) is 81.6 cm³/mol. The molecule has 0 bridgehead atoms. The van der Waals surface area contributed by atoms with E-state index in [0.717, 1.165) is 5.56 Å². The van der Waals surface area contributed by atoms with Crippen molar-refractivity contribution < 1.29 is 14.3 Å². The van der Waals surface area contributed by atoms with Crippen molar-refractivity contribution in [2.45, 2.75) is 19.9 Å². The number of rotatable bonds is 4. The maximum atomic E-state index is 13.1. The Hall–Kier alpha value is -2.07. The van der Waals surface area contributed by atoms with Crippen LogP contribution in [-0.2, 0) is 0 Å². The maximum absolute atomic E-state index is 13.1. The molecule has 1 unspecified atom stereocenters. The summed E-state index contributed by atoms with van der Waals surface area (Å²) in [6.07, 6.45) is 0. The summed E-state index contributed by atoms with van der Waals surface area (Å²) >= 11 is 6.04. The summed E-state index contributed by atoms with van der Waals surface area (Å²) in [5.41, 5.74) is 2.36. The van der Waals surface area contributed by atoms with Gasteiger partial charge in [0.1, 0.15) is 5.82 Å². The van der Waals surface area contributed by atoms with Crippen molar-refractivity contribution >= 4 is 23.3 Å². The van der Waals surface area contributed by atoms with Gasteiger partial charge in [-0.3, -0.25) is 0 Å². The zero-order valence-electron chi connectivity index (χ0n) is 11.7. The van der Waals surface area contributed by atoms with Gasteiger partial charge in [-0.25, -0.2) is 9.18 Å². The van der Waals surface area contributed by atoms with Gasteiger partial charge in [-0.05, 0) is 49.2 Å². The molecule has 0 fully saturated rings. The van der Waals surface area contributed by atoms with Crippen LogP contribution in [0, 0.1) is 12.7 Å². The second-order valence-electron chi connectivity index (χ2n) is 4.82. The van der Waals surface area contributed by atoms with Crippen molar-refractivity contribution in [2.75, 3.05) is 5.32 Å². The summed E-state index contributed by atoms with van der Waals surface area (Å²) in [5.74, 6) is -1.36. The smallest absolute Gasteiger partial charge is 0.336 e. The minimum atomic E-state index is -0.969. The predicted octanol–water partition coefficient (Wildman–Crippen LogP) is 4.66. The van der Waals surface area contributed by atoms with Crippen molar-refractivity contribution in [1.82, 2.24) is 0 Å². The monoisotopic (exact) mass is 307 g/mol. The fraction of sp³-hybridized carbons (Fsp3) is 0.188. The highest BCUT2D eigenvalue weighted by Gasteiger charge is 2.14. The fourth-order valence-corrected chi connectivity index (χ4v) is 2.52. The molecular weight excluding hydrogens is 293 g/mol. The van der Waals surface area contributed by atoms with Gasteiger partial charge < -0.3 is 10.4 Å². The van der Waals surface area contributed by atoms with E-state index in [4.69, 9.17) is 16.7 Å². The van der Waals surface area contributed by atoms with Crippen molar-refractivity contribution in [1.29, 1.82) is 0 Å². The molecule has 21 heavy (non-hydrogen) atoms. The summed E-state index contributed by atoms with van der Waals surface area (Å²) in [5, 5.41) is 12.7. The average molecular weight is 308 g/mol. The lowest BCUT2D eigenvalue weighted by molar-refractivity contribution is 0.0696. The Morgan fingerprint density at radius 3 is 2.67 bits per heavy atom. The number of hydrogen-bond acceptors (Lipinski definition) is 2. The fourth-order valence-electron chi connectivity index (χ4n) is 2.19. The first kappa shape index (κ1) is 15.3. The van der Waals surface area contributed by atoms with E-state index >= 15 is 0 Å². The molecule has 0 radical (unpaired) electrons. The molecule has 3 nitrogen and oxygen atoms in total. The molecule has 0 spiro atoms. The van der Waals surface area contributed by atoms with Crippen molar-refractivity contribution in [3.05, 3.63) is 63.9 Å². The highest BCUT2D eigenvalue weighted by atomic mass is 35.5. The van der Waals surface area contributed by atoms with Crippen LogP contribution in [0.25, 0.3) is 0 Å². The molecule has 0 saturated carbocycles. The lowest BCUT2D eigenvalue weighted by atomic mass is 10.0. The summed E-state index contributed by atoms with van der Waals surface area (Å²) in [6, 6.07) is 9.08. The highest BCUT2D eigenvalue weighted by Crippen LogP contribution is 2.28. The number of aromatic carboxylic acids is 1. The highest BCUT2D eigenvalue weighted by molar-refractivity contribution is 6.31. The maximum Gasteiger partial charge on any atom is 0.336 e. The molecule has 0 heterocycles. The zero-order valence-corrected chi connectivity index (χ0v) is 12.4. The summed E-state index contributed by atoms with van der Waals surface area (Å²) in [4.78, 5) is 11.1. The SMILES string of the molecule is Cc1c(NC(C)c2ccc(F)cc2Cl)cccc1C(=O)O. The van der Waals surface area contributed by atoms with Gasteiger partial charge in [-0.1, -0.05) is 23.7 Å². The van der Waals surface area contributed by atoms with Crippen LogP contribution in [-0.4, -0.2) is 11.1 Å². The Bertz CT molecular complexity index is 688. The molecule has 1 atom stereocenters. The van der Waals surface area contributed by atoms with E-state index in [9.17, 15) is 9.18 Å². The van der Waals surface area contributed by atoms with Gasteiger partial charge in [-0.2, -0.15) is 0 Å². The molecule has 2 N–H and O–H groups in total. The number of halogens is 2. The molecule has 0 aliphatic heterocycles. The van der Waals surface area contributed by atoms with E-state index < -0.39 is 5.97 Å². The molecule has 0 amide bonds. The molecule has 0 aliphatic carbocycles. The summed E-state index contributed by atoms with van der Waals surface area (Å²) < 4.78 is 13.1. The number of benzene rings is 2. The second kappa shape index (κ2) is 6.14. The quantitative estimate of drug-likeness (QED) is 0.863. The van der Waals surface area contributed by atoms with Gasteiger partial charge in [-0.15, -0.1) is 0 Å². The van der Waals surface area contributed by atoms with E-state index in [1.807, 2.05) is 6.92 Å². The normalized spacial score (nSPS) is 12.0. The zero-order chi connectivity index (χ0) is 15.6. The van der Waals surface area contributed by atoms with Crippen LogP contribution in [0.15, 0.2) is 36.4 Å². The first-order valence-electron chi connectivity index (χ1n) is 6.44. The molecule has 2 rings (SSSR count). The Labute approximate surface area is 127 Å². The topological polar surface area (TPSA) is 49.3 Å². The Balaban J connectivity index is 2.29. The van der Waals surface area contributed by atoms with Crippen molar-refractivity contribution in [2.24, 2.45) is 0 Å². The van der Waals surface area contributed by atoms with Crippen LogP contribution in [0.3, 0.4) is 0 Å². The van der Waals surface area contributed by atoms with E-state index in [-0.39, 0.29) is 17.4 Å². The minimum Gasteiger partial charge on any atom is -0.478 e. The van der Waals surface area contributed by atoms with Crippen molar-refractivity contribution in [3.63, 3.8) is 0 Å². The lowest BCUT2D eigenvalue weighted by Crippen LogP contribution is -2.10. The first-order chi connectivity index (χ1) is 9.90. The lowest BCUT2D eigenvalue weighted by Gasteiger charge is -2.19. The third-order valence-corrected chi connectivity index (χ3v) is 3.69. The number of carboxylic acid groups (broad SMARTS) is 1. The van der Waals surface area contributed by atoms with Gasteiger partial charge in [0.15, 0.2) is 0 Å². The molecule has 2 aromatic rings. The molecule has 2 aromatic carbocycles. The van der Waals surface area contributed by atoms with Crippen molar-refractivity contribution in [3.8, 4) is 0 Å². The molecule has 0 saturated heterocycles. The van der Waals surface area contributed by atoms with Crippen LogP contribution < -0.4 is 5.32 Å². The van der Waals surface area contributed by atoms with Crippen LogP contribution >= 0.6 is 11.6 Å². The minimum absolute atomic E-state index is 0.180. The van der Waals surface area contributed by atoms with Crippen LogP contribution in [0.4, 0.5) is 10.1 Å². The van der Waals surface area contributed by atoms with Crippen LogP contribution in [0.5, 0.6) is 0 Å². The molecule has 110 valence electrons. The number of hydrogen-bond donors (Lipinski definition) is 2. The Kier molecular flexibility index (Phi) is 4.48. The average Bonchev–Trinajstić information content (AvgIpc) is 2.40. The molecular formula is C16H15ClFNO2. The van der Waals surface area contributed by atoms with Crippen LogP contribution in [0.1, 0.15) is 34.5 Å². The van der Waals surface area contributed by atoms with Gasteiger partial charge in [0.2, 0.25) is 0 Å². The number of nitrogens with one attached hydrogen (secondary N) is 1. The summed E-state index contributed by atoms with van der Waals surface area (Å²) in [6.45, 7) is 3.62. The van der Waals surface area contributed by atoms with E-state index in [1.165, 1.54) is 12.1 Å². The van der Waals surface area contributed by atoms with E-state index in [1.54, 1.807) is 31.2 Å². The molecule has 0 aliphatic rings. The third kappa shape index (κ3) is 3.34. The van der Waals surface area contributed by atoms with E-state index in [0.29, 0.717) is 16.3 Å². The third-order valence-electron chi connectivity index (χ3n) is 3.37. The van der Waals surface area contributed by atoms with E-state index in [2.05, 4.69) is 5.32 Å².